The van der Waals surface area contributed by atoms with Gasteiger partial charge in [-0.15, -0.1) is 0 Å². The highest BCUT2D eigenvalue weighted by atomic mass is 16.4. The number of aliphatic hydroxyl groups is 4. The maximum Gasteiger partial charge on any atom is 0.110 e. The van der Waals surface area contributed by atoms with E-state index in [1.165, 1.54) is 0 Å². The van der Waals surface area contributed by atoms with Crippen molar-refractivity contribution in [2.75, 3.05) is 0 Å². The van der Waals surface area contributed by atoms with E-state index >= 15 is 0 Å². The van der Waals surface area contributed by atoms with Crippen LogP contribution in [-0.4, -0.2) is 44.8 Å². The molecule has 1 unspecified atom stereocenters. The summed E-state index contributed by atoms with van der Waals surface area (Å²) in [6.45, 7) is 7.20. The molecule has 4 N–H and O–H groups in total. The van der Waals surface area contributed by atoms with Crippen LogP contribution in [0.15, 0.2) is 11.1 Å². The number of rotatable bonds is 3. The predicted molar refractivity (Wildman–Crippen MR) is 65.4 cm³/mol. The van der Waals surface area contributed by atoms with Gasteiger partial charge in [-0.1, -0.05) is 19.4 Å². The minimum absolute atomic E-state index is 0.410. The Hall–Kier alpha value is -0.420. The van der Waals surface area contributed by atoms with Crippen molar-refractivity contribution in [3.8, 4) is 0 Å². The summed E-state index contributed by atoms with van der Waals surface area (Å²) in [7, 11) is 0. The molecule has 100 valence electrons. The van der Waals surface area contributed by atoms with Crippen LogP contribution in [-0.2, 0) is 0 Å². The van der Waals surface area contributed by atoms with Crippen LogP contribution >= 0.6 is 0 Å². The van der Waals surface area contributed by atoms with Gasteiger partial charge in [0.2, 0.25) is 0 Å². The van der Waals surface area contributed by atoms with Crippen LogP contribution < -0.4 is 0 Å². The number of hydrogen-bond acceptors (Lipinski definition) is 4. The van der Waals surface area contributed by atoms with Gasteiger partial charge in [0.05, 0.1) is 12.2 Å². The lowest BCUT2D eigenvalue weighted by atomic mass is 9.67. The van der Waals surface area contributed by atoms with Crippen LogP contribution in [0.25, 0.3) is 0 Å². The van der Waals surface area contributed by atoms with Crippen molar-refractivity contribution in [3.05, 3.63) is 11.1 Å². The van der Waals surface area contributed by atoms with Crippen molar-refractivity contribution >= 4 is 0 Å². The van der Waals surface area contributed by atoms with Crippen LogP contribution in [0.1, 0.15) is 40.5 Å². The fourth-order valence-corrected chi connectivity index (χ4v) is 2.59. The van der Waals surface area contributed by atoms with Gasteiger partial charge in [0.25, 0.3) is 0 Å². The minimum atomic E-state index is -1.14. The predicted octanol–water partition coefficient (Wildman–Crippen LogP) is 0.586. The van der Waals surface area contributed by atoms with Gasteiger partial charge in [0.1, 0.15) is 12.2 Å². The molecular weight excluding hydrogens is 220 g/mol. The van der Waals surface area contributed by atoms with Crippen molar-refractivity contribution in [2.45, 2.75) is 65.0 Å². The molecule has 4 heteroatoms. The zero-order valence-corrected chi connectivity index (χ0v) is 11.0. The van der Waals surface area contributed by atoms with Crippen molar-refractivity contribution in [1.82, 2.24) is 0 Å². The van der Waals surface area contributed by atoms with Crippen molar-refractivity contribution in [3.63, 3.8) is 0 Å². The Morgan fingerprint density at radius 2 is 1.76 bits per heavy atom. The van der Waals surface area contributed by atoms with Gasteiger partial charge in [-0.2, -0.15) is 0 Å². The fraction of sp³-hybridized carbons (Fsp3) is 0.846. The normalized spacial score (nSPS) is 34.9. The van der Waals surface area contributed by atoms with Crippen LogP contribution in [0.3, 0.4) is 0 Å². The second-order valence-corrected chi connectivity index (χ2v) is 5.65. The maximum absolute atomic E-state index is 10.0. The van der Waals surface area contributed by atoms with Gasteiger partial charge < -0.3 is 20.4 Å². The topological polar surface area (TPSA) is 80.9 Å². The zero-order valence-electron chi connectivity index (χ0n) is 11.0. The third-order valence-corrected chi connectivity index (χ3v) is 3.90. The average molecular weight is 244 g/mol. The molecule has 0 fully saturated rings. The van der Waals surface area contributed by atoms with Crippen molar-refractivity contribution < 1.29 is 20.4 Å². The van der Waals surface area contributed by atoms with Crippen LogP contribution in [0.4, 0.5) is 0 Å². The Balaban J connectivity index is 3.03. The standard InChI is InChI=1S/C13H24O4/c1-7(14)5-6-9-8(2)10(15)11(16)12(17)13(9,3)4/h7,10-12,14-17H,5-6H2,1-4H3/t7?,10-,11+,12+/m1/s1. The monoisotopic (exact) mass is 244 g/mol. The first-order chi connectivity index (χ1) is 7.69. The lowest BCUT2D eigenvalue weighted by molar-refractivity contribution is -0.0963. The molecule has 17 heavy (non-hydrogen) atoms. The van der Waals surface area contributed by atoms with Crippen molar-refractivity contribution in [2.24, 2.45) is 5.41 Å². The molecule has 0 aliphatic heterocycles. The average Bonchev–Trinajstić information content (AvgIpc) is 2.23. The van der Waals surface area contributed by atoms with E-state index in [-0.39, 0.29) is 0 Å². The molecule has 0 amide bonds. The van der Waals surface area contributed by atoms with E-state index in [4.69, 9.17) is 0 Å². The molecule has 0 bridgehead atoms. The first kappa shape index (κ1) is 14.6. The van der Waals surface area contributed by atoms with E-state index in [2.05, 4.69) is 0 Å². The molecule has 0 spiro atoms. The lowest BCUT2D eigenvalue weighted by Gasteiger charge is -2.44. The summed E-state index contributed by atoms with van der Waals surface area (Å²) in [4.78, 5) is 0. The molecule has 0 radical (unpaired) electrons. The molecule has 0 saturated heterocycles. The van der Waals surface area contributed by atoms with Gasteiger partial charge in [0, 0.05) is 5.41 Å². The first-order valence-corrected chi connectivity index (χ1v) is 6.12. The SMILES string of the molecule is CC1=C(CCC(C)O)C(C)(C)[C@@H](O)[C@@H](O)[C@@H]1O. The Kier molecular flexibility index (Phi) is 4.36. The molecule has 0 saturated carbocycles. The summed E-state index contributed by atoms with van der Waals surface area (Å²) in [5, 5.41) is 39.0. The third-order valence-electron chi connectivity index (χ3n) is 3.90. The number of hydrogen-bond donors (Lipinski definition) is 4. The highest BCUT2D eigenvalue weighted by Gasteiger charge is 2.45. The summed E-state index contributed by atoms with van der Waals surface area (Å²) in [5.74, 6) is 0. The van der Waals surface area contributed by atoms with Gasteiger partial charge >= 0.3 is 0 Å². The molecule has 0 heterocycles. The minimum Gasteiger partial charge on any atom is -0.393 e. The summed E-state index contributed by atoms with van der Waals surface area (Å²) in [6.07, 6.45) is -2.33. The van der Waals surface area contributed by atoms with E-state index in [9.17, 15) is 20.4 Å². The van der Waals surface area contributed by atoms with Crippen molar-refractivity contribution in [1.29, 1.82) is 0 Å². The second-order valence-electron chi connectivity index (χ2n) is 5.65. The zero-order chi connectivity index (χ0) is 13.4. The lowest BCUT2D eigenvalue weighted by Crippen LogP contribution is -2.51. The maximum atomic E-state index is 10.0. The van der Waals surface area contributed by atoms with Crippen LogP contribution in [0.2, 0.25) is 0 Å². The molecule has 4 nitrogen and oxygen atoms in total. The van der Waals surface area contributed by atoms with Gasteiger partial charge in [-0.25, -0.2) is 0 Å². The van der Waals surface area contributed by atoms with Crippen LogP contribution in [0.5, 0.6) is 0 Å². The Morgan fingerprint density at radius 1 is 1.24 bits per heavy atom. The van der Waals surface area contributed by atoms with E-state index in [0.29, 0.717) is 18.4 Å². The quantitative estimate of drug-likeness (QED) is 0.548. The summed E-state index contributed by atoms with van der Waals surface area (Å²) in [5.41, 5.74) is 1.08. The summed E-state index contributed by atoms with van der Waals surface area (Å²) < 4.78 is 0. The Morgan fingerprint density at radius 3 is 2.24 bits per heavy atom. The molecule has 0 aromatic carbocycles. The third kappa shape index (κ3) is 2.71. The molecule has 1 aliphatic rings. The highest BCUT2D eigenvalue weighted by molar-refractivity contribution is 5.30. The van der Waals surface area contributed by atoms with E-state index in [1.54, 1.807) is 13.8 Å². The highest BCUT2D eigenvalue weighted by Crippen LogP contribution is 2.42. The smallest absolute Gasteiger partial charge is 0.110 e. The molecule has 0 aromatic heterocycles. The molecular formula is C13H24O4. The Labute approximate surface area is 103 Å². The number of aliphatic hydroxyl groups excluding tert-OH is 4. The van der Waals surface area contributed by atoms with Gasteiger partial charge in [-0.3, -0.25) is 0 Å². The van der Waals surface area contributed by atoms with E-state index in [1.807, 2.05) is 13.8 Å². The molecule has 1 aliphatic carbocycles. The van der Waals surface area contributed by atoms with Gasteiger partial charge in [-0.05, 0) is 32.3 Å². The Bertz CT molecular complexity index is 307. The molecule has 4 atom stereocenters. The van der Waals surface area contributed by atoms with E-state index < -0.39 is 29.8 Å². The molecule has 1 rings (SSSR count). The first-order valence-electron chi connectivity index (χ1n) is 6.12. The largest absolute Gasteiger partial charge is 0.393 e. The second kappa shape index (κ2) is 5.06. The van der Waals surface area contributed by atoms with E-state index in [0.717, 1.165) is 5.57 Å². The summed E-state index contributed by atoms with van der Waals surface area (Å²) >= 11 is 0. The van der Waals surface area contributed by atoms with Crippen LogP contribution in [0, 0.1) is 5.41 Å². The van der Waals surface area contributed by atoms with Gasteiger partial charge in [0.15, 0.2) is 0 Å². The fourth-order valence-electron chi connectivity index (χ4n) is 2.59. The molecule has 0 aromatic rings. The summed E-state index contributed by atoms with van der Waals surface area (Å²) in [6, 6.07) is 0.